The number of hydrogen-bond donors (Lipinski definition) is 3. The monoisotopic (exact) mass is 405 g/mol. The highest BCUT2D eigenvalue weighted by Crippen LogP contribution is 2.31. The maximum absolute atomic E-state index is 12.3. The van der Waals surface area contributed by atoms with Gasteiger partial charge in [-0.15, -0.1) is 0 Å². The topological polar surface area (TPSA) is 119 Å². The molecule has 0 saturated carbocycles. The number of alkyl halides is 3. The summed E-state index contributed by atoms with van der Waals surface area (Å²) in [5, 5.41) is 16.4. The van der Waals surface area contributed by atoms with Crippen LogP contribution < -0.4 is 5.32 Å². The van der Waals surface area contributed by atoms with E-state index in [1.165, 1.54) is 0 Å². The predicted octanol–water partition coefficient (Wildman–Crippen LogP) is 0.183. The third kappa shape index (κ3) is 5.68. The molecule has 0 aliphatic carbocycles. The molecule has 1 aromatic heterocycles. The molecule has 2 aliphatic rings. The van der Waals surface area contributed by atoms with Crippen LogP contribution in [0.5, 0.6) is 0 Å². The van der Waals surface area contributed by atoms with E-state index >= 15 is 0 Å². The highest BCUT2D eigenvalue weighted by molar-refractivity contribution is 5.92. The molecule has 0 aromatic carbocycles. The van der Waals surface area contributed by atoms with Crippen LogP contribution in [0.15, 0.2) is 12.3 Å². The lowest BCUT2D eigenvalue weighted by atomic mass is 9.89. The van der Waals surface area contributed by atoms with Crippen molar-refractivity contribution >= 4 is 17.8 Å². The summed E-state index contributed by atoms with van der Waals surface area (Å²) in [6, 6.07) is 1.71. The minimum atomic E-state index is -5.08. The summed E-state index contributed by atoms with van der Waals surface area (Å²) in [6.45, 7) is 3.86. The van der Waals surface area contributed by atoms with E-state index in [1.54, 1.807) is 19.3 Å². The first-order valence-corrected chi connectivity index (χ1v) is 8.63. The van der Waals surface area contributed by atoms with Crippen LogP contribution in [-0.4, -0.2) is 88.8 Å². The number of likely N-dealkylation sites (N-methyl/N-ethyl adjacent to an activating group) is 1. The molecule has 2 aliphatic heterocycles. The molecule has 3 heterocycles. The fourth-order valence-corrected chi connectivity index (χ4v) is 3.38. The van der Waals surface area contributed by atoms with E-state index in [-0.39, 0.29) is 11.8 Å². The molecule has 156 valence electrons. The maximum atomic E-state index is 12.3. The molecule has 3 rings (SSSR count). The van der Waals surface area contributed by atoms with Crippen LogP contribution in [-0.2, 0) is 9.59 Å². The Kier molecular flexibility index (Phi) is 7.00. The van der Waals surface area contributed by atoms with Gasteiger partial charge in [0.15, 0.2) is 0 Å². The lowest BCUT2D eigenvalue weighted by Gasteiger charge is -2.33. The number of hydrogen-bond acceptors (Lipinski definition) is 5. The Balaban J connectivity index is 0.000000345. The van der Waals surface area contributed by atoms with Gasteiger partial charge in [0.05, 0.1) is 6.54 Å². The molecule has 2 amide bonds. The summed E-state index contributed by atoms with van der Waals surface area (Å²) in [6.07, 6.45) is -2.43. The fourth-order valence-electron chi connectivity index (χ4n) is 3.38. The lowest BCUT2D eigenvalue weighted by molar-refractivity contribution is -0.192. The van der Waals surface area contributed by atoms with Crippen LogP contribution in [0.2, 0.25) is 0 Å². The first-order chi connectivity index (χ1) is 13.1. The van der Waals surface area contributed by atoms with Crippen molar-refractivity contribution in [1.82, 2.24) is 25.3 Å². The largest absolute Gasteiger partial charge is 0.490 e. The number of piperidine rings is 1. The van der Waals surface area contributed by atoms with Crippen molar-refractivity contribution in [3.8, 4) is 0 Å². The van der Waals surface area contributed by atoms with Gasteiger partial charge in [0, 0.05) is 32.9 Å². The molecule has 1 aromatic rings. The Morgan fingerprint density at radius 2 is 1.93 bits per heavy atom. The SMILES string of the molecule is CNC(=O)CN1CC[C@H]2CN(C(=O)c3ccn[nH]3)C[C@H]2C1.O=C(O)C(F)(F)F. The van der Waals surface area contributed by atoms with Crippen molar-refractivity contribution in [3.05, 3.63) is 18.0 Å². The van der Waals surface area contributed by atoms with Crippen molar-refractivity contribution in [2.24, 2.45) is 11.8 Å². The molecule has 9 nitrogen and oxygen atoms in total. The van der Waals surface area contributed by atoms with Gasteiger partial charge in [0.25, 0.3) is 5.91 Å². The minimum Gasteiger partial charge on any atom is -0.475 e. The van der Waals surface area contributed by atoms with Gasteiger partial charge >= 0.3 is 12.1 Å². The third-order valence-corrected chi connectivity index (χ3v) is 4.79. The summed E-state index contributed by atoms with van der Waals surface area (Å²) < 4.78 is 31.7. The van der Waals surface area contributed by atoms with Gasteiger partial charge in [-0.3, -0.25) is 19.6 Å². The molecule has 0 radical (unpaired) electrons. The summed E-state index contributed by atoms with van der Waals surface area (Å²) in [7, 11) is 1.66. The Hall–Kier alpha value is -2.63. The van der Waals surface area contributed by atoms with Gasteiger partial charge in [0.2, 0.25) is 5.91 Å². The molecule has 2 saturated heterocycles. The van der Waals surface area contributed by atoms with E-state index in [9.17, 15) is 22.8 Å². The summed E-state index contributed by atoms with van der Waals surface area (Å²) in [4.78, 5) is 36.8. The quantitative estimate of drug-likeness (QED) is 0.660. The Labute approximate surface area is 158 Å². The molecule has 28 heavy (non-hydrogen) atoms. The highest BCUT2D eigenvalue weighted by Gasteiger charge is 2.39. The second-order valence-electron chi connectivity index (χ2n) is 6.70. The minimum absolute atomic E-state index is 0.0275. The molecule has 0 spiro atoms. The van der Waals surface area contributed by atoms with Crippen molar-refractivity contribution < 1.29 is 32.7 Å². The summed E-state index contributed by atoms with van der Waals surface area (Å²) in [5.74, 6) is -1.66. The van der Waals surface area contributed by atoms with Crippen LogP contribution >= 0.6 is 0 Å². The molecular weight excluding hydrogens is 383 g/mol. The van der Waals surface area contributed by atoms with Gasteiger partial charge in [-0.25, -0.2) is 4.79 Å². The van der Waals surface area contributed by atoms with E-state index in [0.29, 0.717) is 24.1 Å². The van der Waals surface area contributed by atoms with E-state index < -0.39 is 12.1 Å². The second-order valence-corrected chi connectivity index (χ2v) is 6.70. The Morgan fingerprint density at radius 3 is 2.46 bits per heavy atom. The molecule has 3 N–H and O–H groups in total. The number of aromatic amines is 1. The Morgan fingerprint density at radius 1 is 1.29 bits per heavy atom. The molecule has 0 bridgehead atoms. The summed E-state index contributed by atoms with van der Waals surface area (Å²) >= 11 is 0. The molecule has 12 heteroatoms. The number of nitrogens with one attached hydrogen (secondary N) is 2. The number of nitrogens with zero attached hydrogens (tertiary/aromatic N) is 3. The Bertz CT molecular complexity index is 695. The number of aliphatic carboxylic acids is 1. The number of aromatic nitrogens is 2. The highest BCUT2D eigenvalue weighted by atomic mass is 19.4. The van der Waals surface area contributed by atoms with Gasteiger partial charge in [-0.2, -0.15) is 18.3 Å². The average molecular weight is 405 g/mol. The van der Waals surface area contributed by atoms with Crippen LogP contribution in [0.25, 0.3) is 0 Å². The maximum Gasteiger partial charge on any atom is 0.490 e. The molecule has 0 unspecified atom stereocenters. The number of H-pyrrole nitrogens is 1. The van der Waals surface area contributed by atoms with E-state index in [0.717, 1.165) is 32.6 Å². The average Bonchev–Trinajstić information content (AvgIpc) is 3.30. The number of carbonyl (C=O) groups is 3. The van der Waals surface area contributed by atoms with E-state index in [1.807, 2.05) is 4.90 Å². The number of likely N-dealkylation sites (tertiary alicyclic amines) is 2. The number of rotatable bonds is 3. The van der Waals surface area contributed by atoms with Crippen molar-refractivity contribution in [3.63, 3.8) is 0 Å². The number of carboxylic acid groups (broad SMARTS) is 1. The van der Waals surface area contributed by atoms with Gasteiger partial charge in [0.1, 0.15) is 5.69 Å². The summed E-state index contributed by atoms with van der Waals surface area (Å²) in [5.41, 5.74) is 0.552. The number of carboxylic acids is 1. The van der Waals surface area contributed by atoms with Gasteiger partial charge in [-0.1, -0.05) is 0 Å². The van der Waals surface area contributed by atoms with Crippen LogP contribution in [0.3, 0.4) is 0 Å². The molecule has 2 atom stereocenters. The van der Waals surface area contributed by atoms with Crippen LogP contribution in [0.1, 0.15) is 16.9 Å². The molecular formula is C16H22F3N5O4. The fraction of sp³-hybridized carbons (Fsp3) is 0.625. The van der Waals surface area contributed by atoms with Crippen LogP contribution in [0.4, 0.5) is 13.2 Å². The first kappa shape index (κ1) is 21.7. The van der Waals surface area contributed by atoms with Crippen LogP contribution in [0, 0.1) is 11.8 Å². The number of amides is 2. The zero-order valence-corrected chi connectivity index (χ0v) is 15.2. The standard InChI is InChI=1S/C14H21N5O2.C2HF3O2/c1-15-13(20)9-18-5-3-10-7-19(8-11(10)6-18)14(21)12-2-4-16-17-12;3-2(4,5)1(6)7/h2,4,10-11H,3,5-9H2,1H3,(H,15,20)(H,16,17);(H,6,7)/t10-,11+;/m0./s1. The van der Waals surface area contributed by atoms with Crippen molar-refractivity contribution in [2.75, 3.05) is 39.8 Å². The lowest BCUT2D eigenvalue weighted by Crippen LogP contribution is -2.44. The zero-order valence-electron chi connectivity index (χ0n) is 15.2. The normalized spacial score (nSPS) is 22.1. The van der Waals surface area contributed by atoms with Gasteiger partial charge in [-0.05, 0) is 30.9 Å². The first-order valence-electron chi connectivity index (χ1n) is 8.63. The number of fused-ring (bicyclic) bond motifs is 1. The van der Waals surface area contributed by atoms with Crippen molar-refractivity contribution in [1.29, 1.82) is 0 Å². The molecule has 2 fully saturated rings. The number of halogens is 3. The van der Waals surface area contributed by atoms with Gasteiger partial charge < -0.3 is 15.3 Å². The number of carbonyl (C=O) groups excluding carboxylic acids is 2. The third-order valence-electron chi connectivity index (χ3n) is 4.79. The van der Waals surface area contributed by atoms with Crippen molar-refractivity contribution in [2.45, 2.75) is 12.6 Å². The second kappa shape index (κ2) is 9.04. The van der Waals surface area contributed by atoms with E-state index in [4.69, 9.17) is 9.90 Å². The predicted molar refractivity (Wildman–Crippen MR) is 90.3 cm³/mol. The zero-order chi connectivity index (χ0) is 20.9. The smallest absolute Gasteiger partial charge is 0.475 e. The van der Waals surface area contributed by atoms with E-state index in [2.05, 4.69) is 20.4 Å².